The number of nitrogens with one attached hydrogen (secondary N) is 1. The second-order valence-electron chi connectivity index (χ2n) is 6.38. The van der Waals surface area contributed by atoms with Crippen molar-refractivity contribution < 1.29 is 9.18 Å². The molecular weight excluding hydrogens is 339 g/mol. The minimum absolute atomic E-state index is 0.00429. The van der Waals surface area contributed by atoms with Gasteiger partial charge in [0.25, 0.3) is 0 Å². The summed E-state index contributed by atoms with van der Waals surface area (Å²) in [5.41, 5.74) is 1.95. The SMILES string of the molecule is Cc1csc(N2CCN(CC(=O)NC(C)c3ccc(F)cc3)CC2)n1. The van der Waals surface area contributed by atoms with Gasteiger partial charge in [-0.3, -0.25) is 9.69 Å². The van der Waals surface area contributed by atoms with Gasteiger partial charge in [-0.2, -0.15) is 0 Å². The Kier molecular flexibility index (Phi) is 5.65. The molecule has 1 aromatic heterocycles. The van der Waals surface area contributed by atoms with E-state index in [-0.39, 0.29) is 17.8 Å². The number of benzene rings is 1. The highest BCUT2D eigenvalue weighted by Gasteiger charge is 2.21. The second-order valence-corrected chi connectivity index (χ2v) is 7.21. The summed E-state index contributed by atoms with van der Waals surface area (Å²) in [6.45, 7) is 7.75. The quantitative estimate of drug-likeness (QED) is 0.888. The molecule has 3 rings (SSSR count). The molecule has 0 bridgehead atoms. The maximum atomic E-state index is 13.0. The third-order valence-electron chi connectivity index (χ3n) is 4.36. The first-order chi connectivity index (χ1) is 12.0. The highest BCUT2D eigenvalue weighted by molar-refractivity contribution is 7.13. The fraction of sp³-hybridized carbons (Fsp3) is 0.444. The first kappa shape index (κ1) is 17.8. The summed E-state index contributed by atoms with van der Waals surface area (Å²) >= 11 is 1.67. The summed E-state index contributed by atoms with van der Waals surface area (Å²) in [5, 5.41) is 6.11. The Balaban J connectivity index is 1.45. The predicted octanol–water partition coefficient (Wildman–Crippen LogP) is 2.59. The number of hydrogen-bond acceptors (Lipinski definition) is 5. The number of amides is 1. The minimum atomic E-state index is -0.268. The van der Waals surface area contributed by atoms with Gasteiger partial charge >= 0.3 is 0 Å². The van der Waals surface area contributed by atoms with Gasteiger partial charge in [0.1, 0.15) is 5.82 Å². The molecule has 1 aromatic carbocycles. The van der Waals surface area contributed by atoms with Crippen LogP contribution in [0.2, 0.25) is 0 Å². The number of piperazine rings is 1. The molecule has 25 heavy (non-hydrogen) atoms. The predicted molar refractivity (Wildman–Crippen MR) is 98.5 cm³/mol. The van der Waals surface area contributed by atoms with E-state index in [0.29, 0.717) is 6.54 Å². The topological polar surface area (TPSA) is 48.5 Å². The zero-order valence-electron chi connectivity index (χ0n) is 14.5. The monoisotopic (exact) mass is 362 g/mol. The second kappa shape index (κ2) is 7.93. The number of hydrogen-bond donors (Lipinski definition) is 1. The van der Waals surface area contributed by atoms with Gasteiger partial charge in [0.2, 0.25) is 5.91 Å². The standard InChI is InChI=1S/C18H23FN4OS/c1-13-12-25-18(20-13)23-9-7-22(8-10-23)11-17(24)21-14(2)15-3-5-16(19)6-4-15/h3-6,12,14H,7-11H2,1-2H3,(H,21,24). The lowest BCUT2D eigenvalue weighted by atomic mass is 10.1. The summed E-state index contributed by atoms with van der Waals surface area (Å²) in [7, 11) is 0. The summed E-state index contributed by atoms with van der Waals surface area (Å²) < 4.78 is 13.0. The molecule has 2 heterocycles. The van der Waals surface area contributed by atoms with E-state index in [0.717, 1.165) is 42.6 Å². The van der Waals surface area contributed by atoms with Crippen molar-refractivity contribution in [2.24, 2.45) is 0 Å². The number of aryl methyl sites for hydroxylation is 1. The van der Waals surface area contributed by atoms with E-state index in [1.807, 2.05) is 13.8 Å². The van der Waals surface area contributed by atoms with E-state index in [1.54, 1.807) is 23.5 Å². The molecule has 0 aliphatic carbocycles. The number of carbonyl (C=O) groups excluding carboxylic acids is 1. The molecule has 1 aliphatic rings. The van der Waals surface area contributed by atoms with Crippen LogP contribution in [0.5, 0.6) is 0 Å². The molecule has 1 saturated heterocycles. The lowest BCUT2D eigenvalue weighted by molar-refractivity contribution is -0.123. The Labute approximate surface area is 151 Å². The molecule has 1 atom stereocenters. The Bertz CT molecular complexity index is 710. The third-order valence-corrected chi connectivity index (χ3v) is 5.38. The highest BCUT2D eigenvalue weighted by atomic mass is 32.1. The van der Waals surface area contributed by atoms with E-state index in [4.69, 9.17) is 0 Å². The van der Waals surface area contributed by atoms with Gasteiger partial charge in [-0.1, -0.05) is 12.1 Å². The fourth-order valence-corrected chi connectivity index (χ4v) is 3.77. The van der Waals surface area contributed by atoms with Crippen LogP contribution in [0.25, 0.3) is 0 Å². The number of nitrogens with zero attached hydrogens (tertiary/aromatic N) is 3. The number of thiazole rings is 1. The molecule has 1 fully saturated rings. The van der Waals surface area contributed by atoms with Gasteiger partial charge in [-0.25, -0.2) is 9.37 Å². The normalized spacial score (nSPS) is 16.7. The summed E-state index contributed by atoms with van der Waals surface area (Å²) in [5.74, 6) is -0.272. The molecule has 1 amide bonds. The Morgan fingerprint density at radius 3 is 2.56 bits per heavy atom. The lowest BCUT2D eigenvalue weighted by Gasteiger charge is -2.34. The molecule has 1 aliphatic heterocycles. The Morgan fingerprint density at radius 2 is 1.96 bits per heavy atom. The van der Waals surface area contributed by atoms with Crippen molar-refractivity contribution in [2.45, 2.75) is 19.9 Å². The molecule has 0 radical (unpaired) electrons. The zero-order valence-corrected chi connectivity index (χ0v) is 15.4. The minimum Gasteiger partial charge on any atom is -0.348 e. The van der Waals surface area contributed by atoms with Gasteiger partial charge in [-0.15, -0.1) is 11.3 Å². The lowest BCUT2D eigenvalue weighted by Crippen LogP contribution is -2.49. The average Bonchev–Trinajstić information content (AvgIpc) is 3.02. The van der Waals surface area contributed by atoms with Crippen LogP contribution in [0.3, 0.4) is 0 Å². The van der Waals surface area contributed by atoms with Crippen LogP contribution >= 0.6 is 11.3 Å². The van der Waals surface area contributed by atoms with Gasteiger partial charge in [0.15, 0.2) is 5.13 Å². The molecular formula is C18H23FN4OS. The first-order valence-corrected chi connectivity index (χ1v) is 9.33. The van der Waals surface area contributed by atoms with Crippen LogP contribution < -0.4 is 10.2 Å². The van der Waals surface area contributed by atoms with E-state index in [1.165, 1.54) is 12.1 Å². The Morgan fingerprint density at radius 1 is 1.28 bits per heavy atom. The number of rotatable bonds is 5. The average molecular weight is 362 g/mol. The molecule has 5 nitrogen and oxygen atoms in total. The van der Waals surface area contributed by atoms with Crippen LogP contribution in [0.4, 0.5) is 9.52 Å². The summed E-state index contributed by atoms with van der Waals surface area (Å²) in [4.78, 5) is 21.2. The van der Waals surface area contributed by atoms with Crippen LogP contribution in [-0.4, -0.2) is 48.5 Å². The van der Waals surface area contributed by atoms with E-state index >= 15 is 0 Å². The number of carbonyl (C=O) groups is 1. The maximum absolute atomic E-state index is 13.0. The Hall–Kier alpha value is -1.99. The number of anilines is 1. The van der Waals surface area contributed by atoms with Gasteiger partial charge in [0, 0.05) is 31.6 Å². The van der Waals surface area contributed by atoms with Crippen LogP contribution in [0.15, 0.2) is 29.6 Å². The van der Waals surface area contributed by atoms with Gasteiger partial charge in [0.05, 0.1) is 18.3 Å². The van der Waals surface area contributed by atoms with Crippen molar-refractivity contribution in [3.05, 3.63) is 46.7 Å². The summed E-state index contributed by atoms with van der Waals surface area (Å²) in [6.07, 6.45) is 0. The molecule has 0 saturated carbocycles. The molecule has 1 N–H and O–H groups in total. The number of halogens is 1. The zero-order chi connectivity index (χ0) is 17.8. The van der Waals surface area contributed by atoms with E-state index in [9.17, 15) is 9.18 Å². The fourth-order valence-electron chi connectivity index (χ4n) is 2.91. The van der Waals surface area contributed by atoms with Gasteiger partial charge in [-0.05, 0) is 31.5 Å². The number of aromatic nitrogens is 1. The van der Waals surface area contributed by atoms with Crippen molar-refractivity contribution in [2.75, 3.05) is 37.6 Å². The molecule has 2 aromatic rings. The largest absolute Gasteiger partial charge is 0.348 e. The first-order valence-electron chi connectivity index (χ1n) is 8.45. The summed E-state index contributed by atoms with van der Waals surface area (Å²) in [6, 6.07) is 6.10. The van der Waals surface area contributed by atoms with Crippen molar-refractivity contribution in [3.63, 3.8) is 0 Å². The van der Waals surface area contributed by atoms with Crippen LogP contribution in [-0.2, 0) is 4.79 Å². The van der Waals surface area contributed by atoms with E-state index < -0.39 is 0 Å². The van der Waals surface area contributed by atoms with Crippen LogP contribution in [0.1, 0.15) is 24.2 Å². The van der Waals surface area contributed by atoms with E-state index in [2.05, 4.69) is 25.5 Å². The van der Waals surface area contributed by atoms with Gasteiger partial charge < -0.3 is 10.2 Å². The molecule has 7 heteroatoms. The maximum Gasteiger partial charge on any atom is 0.234 e. The molecule has 0 spiro atoms. The highest BCUT2D eigenvalue weighted by Crippen LogP contribution is 2.21. The smallest absolute Gasteiger partial charge is 0.234 e. The molecule has 1 unspecified atom stereocenters. The van der Waals surface area contributed by atoms with Crippen molar-refractivity contribution in [1.82, 2.24) is 15.2 Å². The van der Waals surface area contributed by atoms with Crippen molar-refractivity contribution >= 4 is 22.4 Å². The third kappa shape index (κ3) is 4.76. The molecule has 134 valence electrons. The van der Waals surface area contributed by atoms with Crippen molar-refractivity contribution in [3.8, 4) is 0 Å². The van der Waals surface area contributed by atoms with Crippen LogP contribution in [0, 0.1) is 12.7 Å². The van der Waals surface area contributed by atoms with Crippen molar-refractivity contribution in [1.29, 1.82) is 0 Å².